The molecule has 2 aromatic carbocycles. The second kappa shape index (κ2) is 5.02. The molecule has 100 valence electrons. The van der Waals surface area contributed by atoms with Crippen molar-refractivity contribution in [3.63, 3.8) is 0 Å². The summed E-state index contributed by atoms with van der Waals surface area (Å²) in [5.74, 6) is 0. The van der Waals surface area contributed by atoms with Crippen molar-refractivity contribution in [2.45, 2.75) is 6.92 Å². The Kier molecular flexibility index (Phi) is 3.20. The number of pyridine rings is 1. The molecule has 0 bridgehead atoms. The minimum Gasteiger partial charge on any atom is -0.294 e. The molecule has 0 spiro atoms. The third kappa shape index (κ3) is 2.40. The van der Waals surface area contributed by atoms with E-state index in [1.54, 1.807) is 18.3 Å². The van der Waals surface area contributed by atoms with Gasteiger partial charge in [-0.1, -0.05) is 29.3 Å². The van der Waals surface area contributed by atoms with Crippen molar-refractivity contribution in [1.82, 2.24) is 4.68 Å². The maximum atomic E-state index is 11.9. The predicted octanol–water partition coefficient (Wildman–Crippen LogP) is 3.84. The van der Waals surface area contributed by atoms with Gasteiger partial charge in [-0.05, 0) is 37.3 Å². The Morgan fingerprint density at radius 3 is 2.55 bits per heavy atom. The van der Waals surface area contributed by atoms with Gasteiger partial charge in [0.05, 0.1) is 11.2 Å². The summed E-state index contributed by atoms with van der Waals surface area (Å²) in [6.07, 6.45) is 1.72. The lowest BCUT2D eigenvalue weighted by Crippen LogP contribution is -2.14. The van der Waals surface area contributed by atoms with Crippen LogP contribution in [0.5, 0.6) is 0 Å². The van der Waals surface area contributed by atoms with E-state index in [0.29, 0.717) is 10.4 Å². The SMILES string of the molecule is Cc1ccc(Nn2ccc(=O)c3cc(Cl)ccc32)cc1. The first kappa shape index (κ1) is 12.8. The maximum absolute atomic E-state index is 11.9. The number of nitrogens with zero attached hydrogens (tertiary/aromatic N) is 1. The summed E-state index contributed by atoms with van der Waals surface area (Å²) in [6.45, 7) is 2.04. The fourth-order valence-corrected chi connectivity index (χ4v) is 2.26. The number of anilines is 1. The minimum atomic E-state index is -0.0375. The van der Waals surface area contributed by atoms with Crippen LogP contribution in [-0.2, 0) is 0 Å². The van der Waals surface area contributed by atoms with Gasteiger partial charge in [-0.15, -0.1) is 0 Å². The largest absolute Gasteiger partial charge is 0.294 e. The molecule has 1 aromatic heterocycles. The summed E-state index contributed by atoms with van der Waals surface area (Å²) < 4.78 is 1.82. The van der Waals surface area contributed by atoms with Gasteiger partial charge in [0.1, 0.15) is 0 Å². The van der Waals surface area contributed by atoms with E-state index in [1.807, 2.05) is 41.9 Å². The van der Waals surface area contributed by atoms with Crippen LogP contribution in [0.3, 0.4) is 0 Å². The Morgan fingerprint density at radius 1 is 1.05 bits per heavy atom. The Labute approximate surface area is 121 Å². The highest BCUT2D eigenvalue weighted by atomic mass is 35.5. The number of rotatable bonds is 2. The van der Waals surface area contributed by atoms with Crippen molar-refractivity contribution < 1.29 is 0 Å². The first-order valence-electron chi connectivity index (χ1n) is 6.28. The van der Waals surface area contributed by atoms with E-state index in [1.165, 1.54) is 11.6 Å². The first-order valence-corrected chi connectivity index (χ1v) is 6.66. The van der Waals surface area contributed by atoms with Gasteiger partial charge in [-0.2, -0.15) is 0 Å². The molecule has 1 heterocycles. The molecule has 0 amide bonds. The summed E-state index contributed by atoms with van der Waals surface area (Å²) in [6, 6.07) is 14.9. The Morgan fingerprint density at radius 2 is 1.80 bits per heavy atom. The number of aromatic nitrogens is 1. The summed E-state index contributed by atoms with van der Waals surface area (Å²) in [5, 5.41) is 1.15. The van der Waals surface area contributed by atoms with Crippen LogP contribution in [0, 0.1) is 6.92 Å². The molecule has 4 heteroatoms. The van der Waals surface area contributed by atoms with Crippen LogP contribution in [0.4, 0.5) is 5.69 Å². The van der Waals surface area contributed by atoms with Gasteiger partial charge in [0.15, 0.2) is 5.43 Å². The molecular weight excluding hydrogens is 272 g/mol. The van der Waals surface area contributed by atoms with Crippen molar-refractivity contribution in [3.8, 4) is 0 Å². The van der Waals surface area contributed by atoms with Crippen molar-refractivity contribution >= 4 is 28.2 Å². The number of nitrogens with one attached hydrogen (secondary N) is 1. The Hall–Kier alpha value is -2.26. The Bertz CT molecular complexity index is 822. The molecule has 0 saturated heterocycles. The van der Waals surface area contributed by atoms with Gasteiger partial charge in [0, 0.05) is 22.7 Å². The monoisotopic (exact) mass is 284 g/mol. The van der Waals surface area contributed by atoms with Gasteiger partial charge >= 0.3 is 0 Å². The molecule has 0 aliphatic carbocycles. The molecular formula is C16H13ClN2O. The van der Waals surface area contributed by atoms with E-state index in [0.717, 1.165) is 11.2 Å². The number of hydrogen-bond donors (Lipinski definition) is 1. The summed E-state index contributed by atoms with van der Waals surface area (Å²) in [5.41, 5.74) is 6.17. The van der Waals surface area contributed by atoms with E-state index in [2.05, 4.69) is 5.43 Å². The molecule has 0 saturated carbocycles. The van der Waals surface area contributed by atoms with Gasteiger partial charge in [0.2, 0.25) is 0 Å². The smallest absolute Gasteiger partial charge is 0.189 e. The molecule has 0 aliphatic rings. The van der Waals surface area contributed by atoms with Crippen molar-refractivity contribution in [2.75, 3.05) is 5.43 Å². The van der Waals surface area contributed by atoms with Crippen LogP contribution in [0.25, 0.3) is 10.9 Å². The molecule has 3 rings (SSSR count). The first-order chi connectivity index (χ1) is 9.63. The molecule has 0 radical (unpaired) electrons. The van der Waals surface area contributed by atoms with Crippen LogP contribution >= 0.6 is 11.6 Å². The zero-order chi connectivity index (χ0) is 14.1. The summed E-state index contributed by atoms with van der Waals surface area (Å²) in [4.78, 5) is 11.9. The lowest BCUT2D eigenvalue weighted by Gasteiger charge is -2.13. The predicted molar refractivity (Wildman–Crippen MR) is 83.4 cm³/mol. The third-order valence-electron chi connectivity index (χ3n) is 3.16. The van der Waals surface area contributed by atoms with Crippen LogP contribution in [-0.4, -0.2) is 4.68 Å². The molecule has 3 nitrogen and oxygen atoms in total. The highest BCUT2D eigenvalue weighted by molar-refractivity contribution is 6.31. The molecule has 0 fully saturated rings. The quantitative estimate of drug-likeness (QED) is 0.776. The molecule has 0 unspecified atom stereocenters. The fourth-order valence-electron chi connectivity index (χ4n) is 2.09. The standard InChI is InChI=1S/C16H13ClN2O/c1-11-2-5-13(6-3-11)18-19-9-8-16(20)14-10-12(17)4-7-15(14)19/h2-10,18H,1H3. The highest BCUT2D eigenvalue weighted by Crippen LogP contribution is 2.17. The van der Waals surface area contributed by atoms with Gasteiger partial charge in [0.25, 0.3) is 0 Å². The lowest BCUT2D eigenvalue weighted by atomic mass is 10.2. The topological polar surface area (TPSA) is 34.0 Å². The van der Waals surface area contributed by atoms with Crippen LogP contribution < -0.4 is 10.9 Å². The highest BCUT2D eigenvalue weighted by Gasteiger charge is 2.03. The molecule has 3 aromatic rings. The van der Waals surface area contributed by atoms with Gasteiger partial charge in [-0.3, -0.25) is 14.9 Å². The number of halogens is 1. The van der Waals surface area contributed by atoms with E-state index in [-0.39, 0.29) is 5.43 Å². The van der Waals surface area contributed by atoms with E-state index < -0.39 is 0 Å². The van der Waals surface area contributed by atoms with E-state index in [9.17, 15) is 4.79 Å². The number of hydrogen-bond acceptors (Lipinski definition) is 2. The van der Waals surface area contributed by atoms with Crippen LogP contribution in [0.15, 0.2) is 59.5 Å². The molecule has 1 N–H and O–H groups in total. The summed E-state index contributed by atoms with van der Waals surface area (Å²) in [7, 11) is 0. The molecule has 20 heavy (non-hydrogen) atoms. The number of benzene rings is 2. The third-order valence-corrected chi connectivity index (χ3v) is 3.39. The average Bonchev–Trinajstić information content (AvgIpc) is 2.44. The average molecular weight is 285 g/mol. The summed E-state index contributed by atoms with van der Waals surface area (Å²) >= 11 is 5.95. The zero-order valence-corrected chi connectivity index (χ0v) is 11.7. The second-order valence-corrected chi connectivity index (χ2v) is 5.13. The van der Waals surface area contributed by atoms with E-state index in [4.69, 9.17) is 11.6 Å². The number of aryl methyl sites for hydroxylation is 1. The van der Waals surface area contributed by atoms with Crippen LogP contribution in [0.2, 0.25) is 5.02 Å². The van der Waals surface area contributed by atoms with Crippen molar-refractivity contribution in [2.24, 2.45) is 0 Å². The fraction of sp³-hybridized carbons (Fsp3) is 0.0625. The van der Waals surface area contributed by atoms with Crippen molar-refractivity contribution in [1.29, 1.82) is 0 Å². The molecule has 0 atom stereocenters. The van der Waals surface area contributed by atoms with E-state index >= 15 is 0 Å². The molecule has 0 aliphatic heterocycles. The van der Waals surface area contributed by atoms with Crippen LogP contribution in [0.1, 0.15) is 5.56 Å². The maximum Gasteiger partial charge on any atom is 0.189 e. The minimum absolute atomic E-state index is 0.0375. The lowest BCUT2D eigenvalue weighted by molar-refractivity contribution is 0.992. The second-order valence-electron chi connectivity index (χ2n) is 4.69. The normalized spacial score (nSPS) is 10.7. The number of fused-ring (bicyclic) bond motifs is 1. The van der Waals surface area contributed by atoms with Crippen molar-refractivity contribution in [3.05, 3.63) is 75.5 Å². The van der Waals surface area contributed by atoms with Gasteiger partial charge < -0.3 is 0 Å². The Balaban J connectivity index is 2.10. The zero-order valence-electron chi connectivity index (χ0n) is 10.9. The van der Waals surface area contributed by atoms with Gasteiger partial charge in [-0.25, -0.2) is 0 Å².